The third-order valence-electron chi connectivity index (χ3n) is 3.47. The van der Waals surface area contributed by atoms with Crippen LogP contribution < -0.4 is 5.32 Å². The van der Waals surface area contributed by atoms with Crippen molar-refractivity contribution in [1.82, 2.24) is 19.9 Å². The highest BCUT2D eigenvalue weighted by molar-refractivity contribution is 7.09. The largest absolute Gasteiger partial charge is 0.372 e. The minimum atomic E-state index is -0.0466. The molecule has 6 nitrogen and oxygen atoms in total. The number of morpholine rings is 1. The highest BCUT2D eigenvalue weighted by Crippen LogP contribution is 2.25. The van der Waals surface area contributed by atoms with Crippen LogP contribution in [0.5, 0.6) is 0 Å². The number of thiazole rings is 1. The first-order valence-corrected chi connectivity index (χ1v) is 7.88. The summed E-state index contributed by atoms with van der Waals surface area (Å²) in [6.07, 6.45) is 3.35. The van der Waals surface area contributed by atoms with E-state index in [9.17, 15) is 0 Å². The highest BCUT2D eigenvalue weighted by atomic mass is 32.1. The van der Waals surface area contributed by atoms with Gasteiger partial charge in [-0.05, 0) is 6.92 Å². The summed E-state index contributed by atoms with van der Waals surface area (Å²) in [7, 11) is 1.85. The molecule has 0 aromatic carbocycles. The number of ether oxygens (including phenoxy) is 1. The SMILES string of the molecule is CNc1nccnc1[C@H]1CN(Cc2csc(C)n2)CCO1. The third-order valence-corrected chi connectivity index (χ3v) is 4.29. The van der Waals surface area contributed by atoms with Crippen LogP contribution in [0.4, 0.5) is 5.82 Å². The molecule has 2 aromatic heterocycles. The summed E-state index contributed by atoms with van der Waals surface area (Å²) >= 11 is 1.69. The second-order valence-electron chi connectivity index (χ2n) is 4.99. The fraction of sp³-hybridized carbons (Fsp3) is 0.500. The molecule has 21 heavy (non-hydrogen) atoms. The molecule has 0 amide bonds. The Balaban J connectivity index is 1.70. The number of anilines is 1. The van der Waals surface area contributed by atoms with Gasteiger partial charge in [-0.15, -0.1) is 11.3 Å². The van der Waals surface area contributed by atoms with Crippen LogP contribution in [-0.2, 0) is 11.3 Å². The Kier molecular flexibility index (Phi) is 4.42. The summed E-state index contributed by atoms with van der Waals surface area (Å²) in [5, 5.41) is 6.32. The van der Waals surface area contributed by atoms with Crippen molar-refractivity contribution in [3.63, 3.8) is 0 Å². The lowest BCUT2D eigenvalue weighted by atomic mass is 10.2. The zero-order chi connectivity index (χ0) is 14.7. The van der Waals surface area contributed by atoms with E-state index in [1.807, 2.05) is 14.0 Å². The topological polar surface area (TPSA) is 63.2 Å². The van der Waals surface area contributed by atoms with Crippen molar-refractivity contribution in [2.75, 3.05) is 32.1 Å². The Morgan fingerprint density at radius 3 is 3.05 bits per heavy atom. The molecule has 112 valence electrons. The van der Waals surface area contributed by atoms with Gasteiger partial charge in [0.05, 0.1) is 17.3 Å². The Labute approximate surface area is 128 Å². The van der Waals surface area contributed by atoms with Gasteiger partial charge in [0.2, 0.25) is 0 Å². The van der Waals surface area contributed by atoms with Crippen molar-refractivity contribution in [3.05, 3.63) is 34.2 Å². The van der Waals surface area contributed by atoms with Crippen molar-refractivity contribution >= 4 is 17.2 Å². The van der Waals surface area contributed by atoms with Gasteiger partial charge in [-0.1, -0.05) is 0 Å². The Morgan fingerprint density at radius 2 is 2.29 bits per heavy atom. The molecule has 1 aliphatic rings. The number of nitrogens with one attached hydrogen (secondary N) is 1. The second kappa shape index (κ2) is 6.46. The molecule has 3 heterocycles. The van der Waals surface area contributed by atoms with Crippen molar-refractivity contribution in [2.24, 2.45) is 0 Å². The minimum absolute atomic E-state index is 0.0466. The molecule has 1 saturated heterocycles. The normalized spacial score (nSPS) is 19.6. The van der Waals surface area contributed by atoms with Crippen molar-refractivity contribution in [2.45, 2.75) is 19.6 Å². The van der Waals surface area contributed by atoms with Gasteiger partial charge in [0.25, 0.3) is 0 Å². The van der Waals surface area contributed by atoms with E-state index in [0.717, 1.165) is 41.8 Å². The summed E-state index contributed by atoms with van der Waals surface area (Å²) < 4.78 is 5.88. The summed E-state index contributed by atoms with van der Waals surface area (Å²) in [6.45, 7) is 5.33. The molecule has 1 atom stereocenters. The van der Waals surface area contributed by atoms with Crippen LogP contribution >= 0.6 is 11.3 Å². The molecule has 0 unspecified atom stereocenters. The maximum absolute atomic E-state index is 5.88. The minimum Gasteiger partial charge on any atom is -0.372 e. The van der Waals surface area contributed by atoms with E-state index in [2.05, 4.69) is 30.5 Å². The van der Waals surface area contributed by atoms with Crippen molar-refractivity contribution in [3.8, 4) is 0 Å². The van der Waals surface area contributed by atoms with Gasteiger partial charge in [-0.2, -0.15) is 0 Å². The Bertz CT molecular complexity index is 603. The van der Waals surface area contributed by atoms with Crippen LogP contribution in [-0.4, -0.2) is 46.6 Å². The van der Waals surface area contributed by atoms with Crippen LogP contribution in [0, 0.1) is 6.92 Å². The number of aryl methyl sites for hydroxylation is 1. The van der Waals surface area contributed by atoms with Crippen LogP contribution in [0.15, 0.2) is 17.8 Å². The van der Waals surface area contributed by atoms with Crippen molar-refractivity contribution in [1.29, 1.82) is 0 Å². The van der Waals surface area contributed by atoms with E-state index in [0.29, 0.717) is 6.61 Å². The van der Waals surface area contributed by atoms with Crippen LogP contribution in [0.25, 0.3) is 0 Å². The summed E-state index contributed by atoms with van der Waals surface area (Å²) in [5.41, 5.74) is 2.00. The van der Waals surface area contributed by atoms with E-state index in [1.165, 1.54) is 0 Å². The smallest absolute Gasteiger partial charge is 0.150 e. The zero-order valence-electron chi connectivity index (χ0n) is 12.2. The lowest BCUT2D eigenvalue weighted by Gasteiger charge is -2.32. The first kappa shape index (κ1) is 14.4. The number of rotatable bonds is 4. The van der Waals surface area contributed by atoms with Gasteiger partial charge in [0.1, 0.15) is 17.6 Å². The third kappa shape index (κ3) is 3.37. The molecular formula is C14H19N5OS. The second-order valence-corrected chi connectivity index (χ2v) is 6.05. The average Bonchev–Trinajstić information content (AvgIpc) is 2.92. The molecule has 0 bridgehead atoms. The summed E-state index contributed by atoms with van der Waals surface area (Å²) in [5.74, 6) is 0.786. The van der Waals surface area contributed by atoms with Gasteiger partial charge in [-0.25, -0.2) is 9.97 Å². The molecule has 1 N–H and O–H groups in total. The maximum Gasteiger partial charge on any atom is 0.150 e. The first-order chi connectivity index (χ1) is 10.3. The quantitative estimate of drug-likeness (QED) is 0.930. The zero-order valence-corrected chi connectivity index (χ0v) is 13.1. The molecule has 7 heteroatoms. The monoisotopic (exact) mass is 305 g/mol. The molecular weight excluding hydrogens is 286 g/mol. The predicted octanol–water partition coefficient (Wildman–Crippen LogP) is 1.86. The molecule has 0 saturated carbocycles. The molecule has 2 aromatic rings. The van der Waals surface area contributed by atoms with E-state index in [1.54, 1.807) is 23.7 Å². The van der Waals surface area contributed by atoms with E-state index in [-0.39, 0.29) is 6.10 Å². The van der Waals surface area contributed by atoms with Gasteiger partial charge in [0, 0.05) is 44.5 Å². The number of hydrogen-bond donors (Lipinski definition) is 1. The Hall–Kier alpha value is -1.57. The van der Waals surface area contributed by atoms with Gasteiger partial charge in [-0.3, -0.25) is 9.88 Å². The Morgan fingerprint density at radius 1 is 1.43 bits per heavy atom. The molecule has 0 radical (unpaired) electrons. The first-order valence-electron chi connectivity index (χ1n) is 7.00. The van der Waals surface area contributed by atoms with Crippen LogP contribution in [0.1, 0.15) is 22.5 Å². The van der Waals surface area contributed by atoms with Gasteiger partial charge >= 0.3 is 0 Å². The molecule has 0 spiro atoms. The molecule has 0 aliphatic carbocycles. The van der Waals surface area contributed by atoms with Crippen LogP contribution in [0.3, 0.4) is 0 Å². The number of nitrogens with zero attached hydrogens (tertiary/aromatic N) is 4. The average molecular weight is 305 g/mol. The lowest BCUT2D eigenvalue weighted by molar-refractivity contribution is -0.0350. The summed E-state index contributed by atoms with van der Waals surface area (Å²) in [6, 6.07) is 0. The maximum atomic E-state index is 5.88. The number of aromatic nitrogens is 3. The summed E-state index contributed by atoms with van der Waals surface area (Å²) in [4.78, 5) is 15.6. The highest BCUT2D eigenvalue weighted by Gasteiger charge is 2.25. The molecule has 3 rings (SSSR count). The van der Waals surface area contributed by atoms with E-state index in [4.69, 9.17) is 4.74 Å². The fourth-order valence-electron chi connectivity index (χ4n) is 2.50. The fourth-order valence-corrected chi connectivity index (χ4v) is 3.10. The number of hydrogen-bond acceptors (Lipinski definition) is 7. The van der Waals surface area contributed by atoms with Gasteiger partial charge < -0.3 is 10.1 Å². The van der Waals surface area contributed by atoms with E-state index >= 15 is 0 Å². The predicted molar refractivity (Wildman–Crippen MR) is 82.4 cm³/mol. The van der Waals surface area contributed by atoms with Gasteiger partial charge in [0.15, 0.2) is 0 Å². The van der Waals surface area contributed by atoms with Crippen molar-refractivity contribution < 1.29 is 4.74 Å². The van der Waals surface area contributed by atoms with E-state index < -0.39 is 0 Å². The standard InChI is InChI=1S/C14H19N5OS/c1-10-18-11(9-21-10)7-19-5-6-20-12(8-19)13-14(15-2)17-4-3-16-13/h3-4,9,12H,5-8H2,1-2H3,(H,15,17)/t12-/m1/s1. The molecule has 1 aliphatic heterocycles. The molecule has 1 fully saturated rings. The van der Waals surface area contributed by atoms with Crippen LogP contribution in [0.2, 0.25) is 0 Å². The lowest BCUT2D eigenvalue weighted by Crippen LogP contribution is -2.38.